The Bertz CT molecular complexity index is 1200. The van der Waals surface area contributed by atoms with Gasteiger partial charge in [0.2, 0.25) is 5.78 Å². The Kier molecular flexibility index (Phi) is 4.96. The highest BCUT2D eigenvalue weighted by Gasteiger charge is 2.24. The highest BCUT2D eigenvalue weighted by atomic mass is 32.2. The molecule has 0 saturated heterocycles. The zero-order chi connectivity index (χ0) is 19.7. The van der Waals surface area contributed by atoms with Crippen molar-refractivity contribution in [2.45, 2.75) is 30.5 Å². The van der Waals surface area contributed by atoms with Crippen LogP contribution in [0, 0.1) is 6.92 Å². The van der Waals surface area contributed by atoms with Crippen LogP contribution in [0.3, 0.4) is 0 Å². The maximum atomic E-state index is 12.9. The number of rotatable bonds is 6. The first-order valence-electron chi connectivity index (χ1n) is 8.81. The van der Waals surface area contributed by atoms with E-state index in [0.717, 1.165) is 16.1 Å². The fraction of sp³-hybridized carbons (Fsp3) is 0.211. The molecule has 4 rings (SSSR count). The Balaban J connectivity index is 1.61. The number of aryl methyl sites for hydroxylation is 1. The Labute approximate surface area is 167 Å². The van der Waals surface area contributed by atoms with Gasteiger partial charge in [0, 0.05) is 35.4 Å². The minimum Gasteiger partial charge on any atom is -0.291 e. The molecule has 28 heavy (non-hydrogen) atoms. The number of hydrogen-bond donors (Lipinski definition) is 1. The fourth-order valence-corrected chi connectivity index (χ4v) is 5.54. The van der Waals surface area contributed by atoms with Crippen molar-refractivity contribution in [1.29, 1.82) is 0 Å². The number of hydrogen-bond acceptors (Lipinski definition) is 6. The first kappa shape index (κ1) is 18.7. The summed E-state index contributed by atoms with van der Waals surface area (Å²) in [6.45, 7) is 3.83. The van der Waals surface area contributed by atoms with E-state index in [1.165, 1.54) is 11.3 Å². The van der Waals surface area contributed by atoms with Gasteiger partial charge in [0.15, 0.2) is 0 Å². The predicted octanol–water partition coefficient (Wildman–Crippen LogP) is 3.59. The van der Waals surface area contributed by atoms with Gasteiger partial charge >= 0.3 is 0 Å². The summed E-state index contributed by atoms with van der Waals surface area (Å²) >= 11 is 1.24. The molecule has 0 aliphatic rings. The largest absolute Gasteiger partial charge is 0.291 e. The molecule has 4 heterocycles. The second-order valence-electron chi connectivity index (χ2n) is 6.38. The molecule has 0 aromatic carbocycles. The Morgan fingerprint density at radius 1 is 1.21 bits per heavy atom. The number of nitrogens with zero attached hydrogens (tertiary/aromatic N) is 4. The molecule has 144 valence electrons. The zero-order valence-electron chi connectivity index (χ0n) is 15.4. The summed E-state index contributed by atoms with van der Waals surface area (Å²) < 4.78 is 30.7. The minimum atomic E-state index is -3.67. The zero-order valence-corrected chi connectivity index (χ0v) is 17.0. The third-order valence-corrected chi connectivity index (χ3v) is 7.44. The van der Waals surface area contributed by atoms with Crippen LogP contribution in [0.25, 0.3) is 16.2 Å². The van der Waals surface area contributed by atoms with Crippen molar-refractivity contribution in [2.24, 2.45) is 0 Å². The number of thiophene rings is 1. The lowest BCUT2D eigenvalue weighted by atomic mass is 10.2. The molecule has 1 N–H and O–H groups in total. The summed E-state index contributed by atoms with van der Waals surface area (Å²) in [6, 6.07) is 8.65. The second kappa shape index (κ2) is 7.42. The maximum absolute atomic E-state index is 12.9. The first-order chi connectivity index (χ1) is 13.5. The van der Waals surface area contributed by atoms with Crippen LogP contribution in [0.4, 0.5) is 0 Å². The van der Waals surface area contributed by atoms with E-state index < -0.39 is 16.1 Å². The molecular formula is C19H19N5O2S2. The van der Waals surface area contributed by atoms with Gasteiger partial charge in [0.1, 0.15) is 4.21 Å². The molecule has 0 amide bonds. The Morgan fingerprint density at radius 2 is 2.07 bits per heavy atom. The maximum Gasteiger partial charge on any atom is 0.250 e. The minimum absolute atomic E-state index is 0.275. The van der Waals surface area contributed by atoms with E-state index in [9.17, 15) is 8.42 Å². The van der Waals surface area contributed by atoms with Crippen molar-refractivity contribution in [2.75, 3.05) is 0 Å². The lowest BCUT2D eigenvalue weighted by Crippen LogP contribution is -2.28. The van der Waals surface area contributed by atoms with Crippen LogP contribution < -0.4 is 4.72 Å². The average molecular weight is 414 g/mol. The number of imidazole rings is 1. The summed E-state index contributed by atoms with van der Waals surface area (Å²) in [6.07, 6.45) is 7.60. The number of pyridine rings is 1. The lowest BCUT2D eigenvalue weighted by Gasteiger charge is -2.14. The molecule has 1 unspecified atom stereocenters. The number of aromatic nitrogens is 4. The first-order valence-corrected chi connectivity index (χ1v) is 11.1. The summed E-state index contributed by atoms with van der Waals surface area (Å²) in [5.41, 5.74) is 2.49. The van der Waals surface area contributed by atoms with Crippen LogP contribution in [0.1, 0.15) is 30.8 Å². The number of sulfonamides is 1. The van der Waals surface area contributed by atoms with Gasteiger partial charge in [-0.25, -0.2) is 23.1 Å². The van der Waals surface area contributed by atoms with Gasteiger partial charge in [-0.3, -0.25) is 9.38 Å². The van der Waals surface area contributed by atoms with Gasteiger partial charge in [-0.1, -0.05) is 6.92 Å². The molecule has 7 nitrogen and oxygen atoms in total. The standard InChI is InChI=1S/C19H19N5O2S2/c1-3-15(16-12-24-10-4-8-21-19(24)22-16)23-28(25,26)18-6-5-17(27-18)14-7-9-20-13(2)11-14/h4-12,15,23H,3H2,1-2H3. The van der Waals surface area contributed by atoms with Gasteiger partial charge < -0.3 is 0 Å². The smallest absolute Gasteiger partial charge is 0.250 e. The van der Waals surface area contributed by atoms with E-state index in [1.807, 2.05) is 38.2 Å². The number of fused-ring (bicyclic) bond motifs is 1. The molecule has 4 aromatic rings. The summed E-state index contributed by atoms with van der Waals surface area (Å²) in [4.78, 5) is 13.7. The van der Waals surface area contributed by atoms with Crippen molar-refractivity contribution < 1.29 is 8.42 Å². The summed E-state index contributed by atoms with van der Waals surface area (Å²) in [7, 11) is -3.67. The van der Waals surface area contributed by atoms with Crippen molar-refractivity contribution in [3.05, 3.63) is 66.5 Å². The normalized spacial score (nSPS) is 13.1. The molecule has 1 atom stereocenters. The van der Waals surface area contributed by atoms with Crippen molar-refractivity contribution in [1.82, 2.24) is 24.1 Å². The van der Waals surface area contributed by atoms with Crippen molar-refractivity contribution in [3.8, 4) is 10.4 Å². The molecule has 0 aliphatic carbocycles. The van der Waals surface area contributed by atoms with Crippen LogP contribution in [0.15, 0.2) is 59.3 Å². The van der Waals surface area contributed by atoms with E-state index >= 15 is 0 Å². The molecule has 0 bridgehead atoms. The average Bonchev–Trinajstić information content (AvgIpc) is 3.33. The van der Waals surface area contributed by atoms with Gasteiger partial charge in [0.25, 0.3) is 10.0 Å². The SMILES string of the molecule is CCC(NS(=O)(=O)c1ccc(-c2ccnc(C)c2)s1)c1cn2cccnc2n1. The van der Waals surface area contributed by atoms with Gasteiger partial charge in [-0.05, 0) is 49.2 Å². The van der Waals surface area contributed by atoms with E-state index in [-0.39, 0.29) is 4.21 Å². The van der Waals surface area contributed by atoms with E-state index in [2.05, 4.69) is 19.7 Å². The molecule has 9 heteroatoms. The number of nitrogens with one attached hydrogen (secondary N) is 1. The molecule has 0 radical (unpaired) electrons. The fourth-order valence-electron chi connectivity index (χ4n) is 2.93. The monoisotopic (exact) mass is 413 g/mol. The van der Waals surface area contributed by atoms with Crippen LogP contribution in [0.2, 0.25) is 0 Å². The predicted molar refractivity (Wildman–Crippen MR) is 109 cm³/mol. The van der Waals surface area contributed by atoms with E-state index in [1.54, 1.807) is 35.1 Å². The van der Waals surface area contributed by atoms with Gasteiger partial charge in [-0.15, -0.1) is 11.3 Å². The van der Waals surface area contributed by atoms with Crippen molar-refractivity contribution >= 4 is 27.1 Å². The highest BCUT2D eigenvalue weighted by molar-refractivity contribution is 7.91. The van der Waals surface area contributed by atoms with Gasteiger partial charge in [-0.2, -0.15) is 0 Å². The van der Waals surface area contributed by atoms with Crippen LogP contribution in [-0.2, 0) is 10.0 Å². The molecule has 0 aliphatic heterocycles. The van der Waals surface area contributed by atoms with Gasteiger partial charge in [0.05, 0.1) is 11.7 Å². The molecule has 4 aromatic heterocycles. The van der Waals surface area contributed by atoms with E-state index in [4.69, 9.17) is 0 Å². The second-order valence-corrected chi connectivity index (χ2v) is 9.40. The third kappa shape index (κ3) is 3.68. The Hall–Kier alpha value is -2.62. The molecule has 0 spiro atoms. The van der Waals surface area contributed by atoms with Crippen LogP contribution in [0.5, 0.6) is 0 Å². The topological polar surface area (TPSA) is 89.2 Å². The van der Waals surface area contributed by atoms with E-state index in [0.29, 0.717) is 17.9 Å². The quantitative estimate of drug-likeness (QED) is 0.522. The van der Waals surface area contributed by atoms with Crippen LogP contribution in [-0.4, -0.2) is 27.8 Å². The molecule has 0 saturated carbocycles. The van der Waals surface area contributed by atoms with Crippen molar-refractivity contribution in [3.63, 3.8) is 0 Å². The summed E-state index contributed by atoms with van der Waals surface area (Å²) in [5, 5.41) is 0. The molecular weight excluding hydrogens is 394 g/mol. The lowest BCUT2D eigenvalue weighted by molar-refractivity contribution is 0.547. The molecule has 0 fully saturated rings. The highest BCUT2D eigenvalue weighted by Crippen LogP contribution is 2.31. The third-order valence-electron chi connectivity index (χ3n) is 4.34. The summed E-state index contributed by atoms with van der Waals surface area (Å²) in [5.74, 6) is 0.543. The Morgan fingerprint density at radius 3 is 2.82 bits per heavy atom. The van der Waals surface area contributed by atoms with Crippen LogP contribution >= 0.6 is 11.3 Å².